The molecule has 0 unspecified atom stereocenters. The van der Waals surface area contributed by atoms with Crippen molar-refractivity contribution in [3.05, 3.63) is 89.0 Å². The molecule has 0 bridgehead atoms. The lowest BCUT2D eigenvalue weighted by atomic mass is 9.91. The van der Waals surface area contributed by atoms with Crippen LogP contribution in [0.5, 0.6) is 0 Å². The van der Waals surface area contributed by atoms with Crippen LogP contribution in [0.2, 0.25) is 0 Å². The molecule has 0 atom stereocenters. The first kappa shape index (κ1) is 20.7. The Kier molecular flexibility index (Phi) is 4.83. The van der Waals surface area contributed by atoms with Crippen LogP contribution < -0.4 is 4.90 Å². The molecule has 32 heavy (non-hydrogen) atoms. The van der Waals surface area contributed by atoms with Crippen LogP contribution in [0.4, 0.5) is 18.9 Å². The van der Waals surface area contributed by atoms with Gasteiger partial charge in [-0.2, -0.15) is 13.2 Å². The summed E-state index contributed by atoms with van der Waals surface area (Å²) in [5.41, 5.74) is 2.89. The van der Waals surface area contributed by atoms with Gasteiger partial charge in [0, 0.05) is 17.8 Å². The van der Waals surface area contributed by atoms with Crippen LogP contribution >= 0.6 is 0 Å². The molecule has 0 aliphatic carbocycles. The molecule has 1 amide bonds. The fourth-order valence-electron chi connectivity index (χ4n) is 4.18. The van der Waals surface area contributed by atoms with Crippen LogP contribution in [-0.4, -0.2) is 30.8 Å². The highest BCUT2D eigenvalue weighted by atomic mass is 19.4. The van der Waals surface area contributed by atoms with E-state index in [4.69, 9.17) is 4.74 Å². The van der Waals surface area contributed by atoms with Gasteiger partial charge in [-0.1, -0.05) is 30.3 Å². The van der Waals surface area contributed by atoms with E-state index in [9.17, 15) is 23.1 Å². The van der Waals surface area contributed by atoms with E-state index >= 15 is 0 Å². The number of amides is 1. The third-order valence-corrected chi connectivity index (χ3v) is 6.12. The third kappa shape index (κ3) is 3.57. The van der Waals surface area contributed by atoms with Gasteiger partial charge >= 0.3 is 6.18 Å². The van der Waals surface area contributed by atoms with Crippen LogP contribution in [0, 0.1) is 0 Å². The summed E-state index contributed by atoms with van der Waals surface area (Å²) in [5, 5.41) is 10.4. The van der Waals surface area contributed by atoms with Crippen molar-refractivity contribution >= 4 is 11.6 Å². The monoisotopic (exact) mass is 439 g/mol. The van der Waals surface area contributed by atoms with Crippen molar-refractivity contribution in [3.63, 3.8) is 0 Å². The lowest BCUT2D eigenvalue weighted by molar-refractivity contribution is -0.184. The number of nitrogens with zero attached hydrogens (tertiary/aromatic N) is 1. The number of carbonyl (C=O) groups is 1. The number of fused-ring (bicyclic) bond motifs is 1. The standard InChI is InChI=1S/C25H20F3NO3/c26-25(27,28)21-8-1-16(2-9-21)18-5-10-22-19(13-18)11-12-29(22)23(30)17-3-6-20(7-4-17)24(31)14-32-15-24/h1-10,13,31H,11-12,14-15H2. The van der Waals surface area contributed by atoms with Crippen LogP contribution in [0.25, 0.3) is 11.1 Å². The molecule has 3 aromatic carbocycles. The Bertz CT molecular complexity index is 1170. The summed E-state index contributed by atoms with van der Waals surface area (Å²) < 4.78 is 43.5. The molecule has 164 valence electrons. The first-order chi connectivity index (χ1) is 15.2. The topological polar surface area (TPSA) is 49.8 Å². The average Bonchev–Trinajstić information content (AvgIpc) is 3.20. The van der Waals surface area contributed by atoms with Crippen molar-refractivity contribution in [1.82, 2.24) is 0 Å². The zero-order valence-electron chi connectivity index (χ0n) is 17.0. The quantitative estimate of drug-likeness (QED) is 0.638. The molecule has 0 spiro atoms. The molecule has 7 heteroatoms. The molecule has 1 fully saturated rings. The average molecular weight is 439 g/mol. The van der Waals surface area contributed by atoms with E-state index in [-0.39, 0.29) is 19.1 Å². The summed E-state index contributed by atoms with van der Waals surface area (Å²) in [7, 11) is 0. The van der Waals surface area contributed by atoms with Gasteiger partial charge in [0.15, 0.2) is 0 Å². The minimum Gasteiger partial charge on any atom is -0.380 e. The zero-order chi connectivity index (χ0) is 22.5. The van der Waals surface area contributed by atoms with Crippen LogP contribution in [0.3, 0.4) is 0 Å². The number of alkyl halides is 3. The second-order valence-electron chi connectivity index (χ2n) is 8.23. The molecule has 1 N–H and O–H groups in total. The van der Waals surface area contributed by atoms with E-state index < -0.39 is 17.3 Å². The van der Waals surface area contributed by atoms with E-state index in [1.807, 2.05) is 18.2 Å². The molecule has 2 aliphatic heterocycles. The van der Waals surface area contributed by atoms with Crippen molar-refractivity contribution in [3.8, 4) is 11.1 Å². The molecule has 0 radical (unpaired) electrons. The van der Waals surface area contributed by atoms with E-state index in [1.165, 1.54) is 12.1 Å². The maximum absolute atomic E-state index is 13.1. The maximum atomic E-state index is 13.1. The molecular formula is C25H20F3NO3. The van der Waals surface area contributed by atoms with Gasteiger partial charge < -0.3 is 14.7 Å². The van der Waals surface area contributed by atoms with Gasteiger partial charge in [0.25, 0.3) is 5.91 Å². The van der Waals surface area contributed by atoms with Crippen LogP contribution in [-0.2, 0) is 22.9 Å². The van der Waals surface area contributed by atoms with Crippen molar-refractivity contribution in [2.24, 2.45) is 0 Å². The molecule has 2 aliphatic rings. The van der Waals surface area contributed by atoms with Gasteiger partial charge in [-0.05, 0) is 65.1 Å². The Labute approximate surface area is 182 Å². The van der Waals surface area contributed by atoms with Crippen LogP contribution in [0.15, 0.2) is 66.7 Å². The third-order valence-electron chi connectivity index (χ3n) is 6.12. The fraction of sp³-hybridized carbons (Fsp3) is 0.240. The van der Waals surface area contributed by atoms with Crippen LogP contribution in [0.1, 0.15) is 27.0 Å². The molecule has 0 aromatic heterocycles. The van der Waals surface area contributed by atoms with Gasteiger partial charge in [0.2, 0.25) is 0 Å². The minimum atomic E-state index is -4.36. The molecule has 4 nitrogen and oxygen atoms in total. The number of rotatable bonds is 3. The first-order valence-corrected chi connectivity index (χ1v) is 10.3. The summed E-state index contributed by atoms with van der Waals surface area (Å²) in [6, 6.07) is 17.6. The number of benzene rings is 3. The van der Waals surface area contributed by atoms with Gasteiger partial charge in [0.05, 0.1) is 18.8 Å². The number of halogens is 3. The Hall–Kier alpha value is -3.16. The summed E-state index contributed by atoms with van der Waals surface area (Å²) in [6.45, 7) is 1.03. The predicted octanol–water partition coefficient (Wildman–Crippen LogP) is 4.79. The fourth-order valence-corrected chi connectivity index (χ4v) is 4.18. The van der Waals surface area contributed by atoms with Crippen molar-refractivity contribution in [2.75, 3.05) is 24.7 Å². The highest BCUT2D eigenvalue weighted by Gasteiger charge is 2.38. The maximum Gasteiger partial charge on any atom is 0.416 e. The summed E-state index contributed by atoms with van der Waals surface area (Å²) >= 11 is 0. The van der Waals surface area contributed by atoms with E-state index in [0.717, 1.165) is 34.5 Å². The second kappa shape index (κ2) is 7.46. The molecule has 0 saturated carbocycles. The summed E-state index contributed by atoms with van der Waals surface area (Å²) in [4.78, 5) is 14.8. The Morgan fingerprint density at radius 1 is 0.938 bits per heavy atom. The van der Waals surface area contributed by atoms with Crippen molar-refractivity contribution in [1.29, 1.82) is 0 Å². The largest absolute Gasteiger partial charge is 0.416 e. The lowest BCUT2D eigenvalue weighted by Gasteiger charge is -2.36. The van der Waals surface area contributed by atoms with Gasteiger partial charge in [-0.25, -0.2) is 0 Å². The Morgan fingerprint density at radius 2 is 1.59 bits per heavy atom. The lowest BCUT2D eigenvalue weighted by Crippen LogP contribution is -2.46. The highest BCUT2D eigenvalue weighted by molar-refractivity contribution is 6.07. The minimum absolute atomic E-state index is 0.130. The molecule has 2 heterocycles. The van der Waals surface area contributed by atoms with E-state index in [0.29, 0.717) is 24.1 Å². The number of hydrogen-bond donors (Lipinski definition) is 1. The SMILES string of the molecule is O=C(c1ccc(C2(O)COC2)cc1)N1CCc2cc(-c3ccc(C(F)(F)F)cc3)ccc21. The molecule has 5 rings (SSSR count). The highest BCUT2D eigenvalue weighted by Crippen LogP contribution is 2.35. The molecular weight excluding hydrogens is 419 g/mol. The van der Waals surface area contributed by atoms with E-state index in [2.05, 4.69) is 0 Å². The molecule has 3 aromatic rings. The zero-order valence-corrected chi connectivity index (χ0v) is 17.0. The Morgan fingerprint density at radius 3 is 2.19 bits per heavy atom. The summed E-state index contributed by atoms with van der Waals surface area (Å²) in [5.74, 6) is -0.130. The Balaban J connectivity index is 1.36. The van der Waals surface area contributed by atoms with Gasteiger partial charge in [-0.3, -0.25) is 4.79 Å². The number of hydrogen-bond acceptors (Lipinski definition) is 3. The van der Waals surface area contributed by atoms with Gasteiger partial charge in [0.1, 0.15) is 5.60 Å². The van der Waals surface area contributed by atoms with Crippen molar-refractivity contribution in [2.45, 2.75) is 18.2 Å². The normalized spacial score (nSPS) is 17.1. The smallest absolute Gasteiger partial charge is 0.380 e. The molecule has 1 saturated heterocycles. The number of carbonyl (C=O) groups excluding carboxylic acids is 1. The van der Waals surface area contributed by atoms with Crippen molar-refractivity contribution < 1.29 is 27.8 Å². The summed E-state index contributed by atoms with van der Waals surface area (Å²) in [6.07, 6.45) is -3.69. The van der Waals surface area contributed by atoms with E-state index in [1.54, 1.807) is 29.2 Å². The number of anilines is 1. The second-order valence-corrected chi connectivity index (χ2v) is 8.23. The first-order valence-electron chi connectivity index (χ1n) is 10.3. The predicted molar refractivity (Wildman–Crippen MR) is 113 cm³/mol. The number of ether oxygens (including phenoxy) is 1. The van der Waals surface area contributed by atoms with Gasteiger partial charge in [-0.15, -0.1) is 0 Å². The number of aliphatic hydroxyl groups is 1.